The van der Waals surface area contributed by atoms with Crippen molar-refractivity contribution in [2.45, 2.75) is 38.5 Å². The highest BCUT2D eigenvalue weighted by Gasteiger charge is 2.26. The Morgan fingerprint density at radius 3 is 2.40 bits per heavy atom. The van der Waals surface area contributed by atoms with Gasteiger partial charge in [0.25, 0.3) is 0 Å². The third-order valence-electron chi connectivity index (χ3n) is 2.93. The van der Waals surface area contributed by atoms with Gasteiger partial charge in [-0.15, -0.1) is 0 Å². The van der Waals surface area contributed by atoms with Gasteiger partial charge in [0, 0.05) is 19.5 Å². The Hall–Kier alpha value is -1.19. The van der Waals surface area contributed by atoms with Crippen LogP contribution in [0.3, 0.4) is 0 Å². The monoisotopic (exact) mass is 208 g/mol. The van der Waals surface area contributed by atoms with Crippen LogP contribution < -0.4 is 0 Å². The van der Waals surface area contributed by atoms with Gasteiger partial charge in [-0.25, -0.2) is 0 Å². The van der Waals surface area contributed by atoms with E-state index < -0.39 is 0 Å². The lowest BCUT2D eigenvalue weighted by molar-refractivity contribution is -0.133. The SMILES string of the molecule is O=C1CCCC(=NN2CCCCC2)C1=O. The van der Waals surface area contributed by atoms with Crippen molar-refractivity contribution in [3.63, 3.8) is 0 Å². The number of piperidine rings is 1. The highest BCUT2D eigenvalue weighted by atomic mass is 16.2. The minimum Gasteiger partial charge on any atom is -0.297 e. The van der Waals surface area contributed by atoms with Crippen LogP contribution in [0.2, 0.25) is 0 Å². The number of carbonyl (C=O) groups excluding carboxylic acids is 2. The third-order valence-corrected chi connectivity index (χ3v) is 2.93. The number of hydrogen-bond acceptors (Lipinski definition) is 4. The fourth-order valence-corrected chi connectivity index (χ4v) is 2.05. The molecule has 4 nitrogen and oxygen atoms in total. The first-order chi connectivity index (χ1) is 7.27. The first-order valence-corrected chi connectivity index (χ1v) is 5.67. The van der Waals surface area contributed by atoms with Crippen LogP contribution in [0.15, 0.2) is 5.10 Å². The molecule has 1 heterocycles. The molecule has 0 atom stereocenters. The highest BCUT2D eigenvalue weighted by molar-refractivity contribution is 6.66. The molecule has 2 rings (SSSR count). The lowest BCUT2D eigenvalue weighted by atomic mass is 9.96. The second-order valence-electron chi connectivity index (χ2n) is 4.17. The van der Waals surface area contributed by atoms with E-state index in [9.17, 15) is 9.59 Å². The topological polar surface area (TPSA) is 49.7 Å². The van der Waals surface area contributed by atoms with E-state index in [-0.39, 0.29) is 11.6 Å². The molecule has 0 aromatic rings. The van der Waals surface area contributed by atoms with E-state index >= 15 is 0 Å². The van der Waals surface area contributed by atoms with Crippen molar-refractivity contribution in [1.82, 2.24) is 5.01 Å². The van der Waals surface area contributed by atoms with E-state index in [1.807, 2.05) is 5.01 Å². The minimum atomic E-state index is -0.355. The summed E-state index contributed by atoms with van der Waals surface area (Å²) in [6, 6.07) is 0. The summed E-state index contributed by atoms with van der Waals surface area (Å²) in [7, 11) is 0. The summed E-state index contributed by atoms with van der Waals surface area (Å²) in [5, 5.41) is 6.25. The summed E-state index contributed by atoms with van der Waals surface area (Å²) < 4.78 is 0. The van der Waals surface area contributed by atoms with Crippen LogP contribution in [0, 0.1) is 0 Å². The van der Waals surface area contributed by atoms with Crippen molar-refractivity contribution in [3.8, 4) is 0 Å². The summed E-state index contributed by atoms with van der Waals surface area (Å²) >= 11 is 0. The normalized spacial score (nSPS) is 26.1. The zero-order chi connectivity index (χ0) is 10.7. The van der Waals surface area contributed by atoms with Crippen molar-refractivity contribution in [3.05, 3.63) is 0 Å². The third kappa shape index (κ3) is 2.43. The Kier molecular flexibility index (Phi) is 3.14. The molecule has 0 unspecified atom stereocenters. The van der Waals surface area contributed by atoms with E-state index in [1.54, 1.807) is 0 Å². The number of Topliss-reactive ketones (excluding diaryl/α,β-unsaturated/α-hetero) is 2. The molecule has 82 valence electrons. The molecular weight excluding hydrogens is 192 g/mol. The van der Waals surface area contributed by atoms with E-state index in [1.165, 1.54) is 6.42 Å². The smallest absolute Gasteiger partial charge is 0.244 e. The van der Waals surface area contributed by atoms with Crippen LogP contribution in [-0.4, -0.2) is 35.4 Å². The lowest BCUT2D eigenvalue weighted by Crippen LogP contribution is -2.33. The largest absolute Gasteiger partial charge is 0.297 e. The second kappa shape index (κ2) is 4.55. The Morgan fingerprint density at radius 1 is 0.933 bits per heavy atom. The van der Waals surface area contributed by atoms with Gasteiger partial charge >= 0.3 is 0 Å². The molecule has 2 fully saturated rings. The fourth-order valence-electron chi connectivity index (χ4n) is 2.05. The molecule has 15 heavy (non-hydrogen) atoms. The van der Waals surface area contributed by atoms with Crippen molar-refractivity contribution in [2.75, 3.05) is 13.1 Å². The summed E-state index contributed by atoms with van der Waals surface area (Å²) in [5.41, 5.74) is 0.480. The van der Waals surface area contributed by atoms with E-state index in [0.717, 1.165) is 32.4 Å². The van der Waals surface area contributed by atoms with Crippen LogP contribution in [0.4, 0.5) is 0 Å². The summed E-state index contributed by atoms with van der Waals surface area (Å²) in [6.07, 6.45) is 5.36. The number of hydrazone groups is 1. The predicted octanol–water partition coefficient (Wildman–Crippen LogP) is 1.15. The molecule has 4 heteroatoms. The zero-order valence-corrected chi connectivity index (χ0v) is 8.87. The van der Waals surface area contributed by atoms with Gasteiger partial charge < -0.3 is 0 Å². The summed E-state index contributed by atoms with van der Waals surface area (Å²) in [5.74, 6) is -0.621. The average molecular weight is 208 g/mol. The molecular formula is C11H16N2O2. The van der Waals surface area contributed by atoms with Gasteiger partial charge in [0.05, 0.1) is 0 Å². The van der Waals surface area contributed by atoms with Crippen LogP contribution in [0.1, 0.15) is 38.5 Å². The summed E-state index contributed by atoms with van der Waals surface area (Å²) in [6.45, 7) is 1.84. The maximum Gasteiger partial charge on any atom is 0.244 e. The van der Waals surface area contributed by atoms with Crippen LogP contribution in [0.25, 0.3) is 0 Å². The number of rotatable bonds is 1. The molecule has 1 saturated carbocycles. The van der Waals surface area contributed by atoms with Gasteiger partial charge in [-0.2, -0.15) is 5.10 Å². The predicted molar refractivity (Wildman–Crippen MR) is 56.7 cm³/mol. The second-order valence-corrected chi connectivity index (χ2v) is 4.17. The van der Waals surface area contributed by atoms with Gasteiger partial charge in [0.15, 0.2) is 0 Å². The Balaban J connectivity index is 2.04. The van der Waals surface area contributed by atoms with E-state index in [0.29, 0.717) is 18.6 Å². The maximum absolute atomic E-state index is 11.5. The Labute approximate surface area is 89.3 Å². The lowest BCUT2D eigenvalue weighted by Gasteiger charge is -2.25. The first kappa shape index (κ1) is 10.3. The molecule has 2 aliphatic rings. The Morgan fingerprint density at radius 2 is 1.67 bits per heavy atom. The van der Waals surface area contributed by atoms with Crippen molar-refractivity contribution in [1.29, 1.82) is 0 Å². The number of ketones is 2. The fraction of sp³-hybridized carbons (Fsp3) is 0.727. The molecule has 1 saturated heterocycles. The number of carbonyl (C=O) groups is 2. The highest BCUT2D eigenvalue weighted by Crippen LogP contribution is 2.13. The first-order valence-electron chi connectivity index (χ1n) is 5.67. The molecule has 0 amide bonds. The molecule has 0 N–H and O–H groups in total. The quantitative estimate of drug-likeness (QED) is 0.607. The van der Waals surface area contributed by atoms with Crippen LogP contribution in [0.5, 0.6) is 0 Å². The van der Waals surface area contributed by atoms with Crippen molar-refractivity contribution in [2.24, 2.45) is 5.10 Å². The van der Waals surface area contributed by atoms with Crippen molar-refractivity contribution < 1.29 is 9.59 Å². The summed E-state index contributed by atoms with van der Waals surface area (Å²) in [4.78, 5) is 22.7. The number of hydrogen-bond donors (Lipinski definition) is 0. The molecule has 1 aliphatic carbocycles. The molecule has 0 aromatic carbocycles. The molecule has 0 radical (unpaired) electrons. The molecule has 1 aliphatic heterocycles. The van der Waals surface area contributed by atoms with Gasteiger partial charge in [0.2, 0.25) is 11.6 Å². The van der Waals surface area contributed by atoms with Gasteiger partial charge in [0.1, 0.15) is 5.71 Å². The maximum atomic E-state index is 11.5. The number of nitrogens with zero attached hydrogens (tertiary/aromatic N) is 2. The van der Waals surface area contributed by atoms with Crippen LogP contribution in [-0.2, 0) is 9.59 Å². The standard InChI is InChI=1S/C11H16N2O2/c14-10-6-4-5-9(11(10)15)12-13-7-2-1-3-8-13/h1-8H2. The zero-order valence-electron chi connectivity index (χ0n) is 8.87. The van der Waals surface area contributed by atoms with Crippen molar-refractivity contribution >= 4 is 17.3 Å². The van der Waals surface area contributed by atoms with Gasteiger partial charge in [-0.3, -0.25) is 14.6 Å². The molecule has 0 bridgehead atoms. The molecule has 0 aromatic heterocycles. The molecule has 0 spiro atoms. The van der Waals surface area contributed by atoms with E-state index in [4.69, 9.17) is 0 Å². The average Bonchev–Trinajstić information content (AvgIpc) is 2.26. The van der Waals surface area contributed by atoms with Crippen LogP contribution >= 0.6 is 0 Å². The van der Waals surface area contributed by atoms with Gasteiger partial charge in [-0.05, 0) is 32.1 Å². The van der Waals surface area contributed by atoms with Gasteiger partial charge in [-0.1, -0.05) is 0 Å². The van der Waals surface area contributed by atoms with E-state index in [2.05, 4.69) is 5.10 Å². The minimum absolute atomic E-state index is 0.267. The Bertz CT molecular complexity index is 304.